The van der Waals surface area contributed by atoms with Gasteiger partial charge in [-0.25, -0.2) is 4.39 Å². The van der Waals surface area contributed by atoms with Gasteiger partial charge in [0.15, 0.2) is 5.78 Å². The van der Waals surface area contributed by atoms with Gasteiger partial charge in [-0.2, -0.15) is 0 Å². The zero-order valence-electron chi connectivity index (χ0n) is 20.1. The smallest absolute Gasteiger partial charge is 0.310 e. The molecule has 2 aromatic rings. The van der Waals surface area contributed by atoms with E-state index in [0.29, 0.717) is 6.42 Å². The molecule has 0 aliphatic rings. The van der Waals surface area contributed by atoms with Crippen LogP contribution in [-0.4, -0.2) is 41.3 Å². The summed E-state index contributed by atoms with van der Waals surface area (Å²) in [5.74, 6) is -2.16. The second kappa shape index (κ2) is 10.7. The van der Waals surface area contributed by atoms with Crippen molar-refractivity contribution in [3.63, 3.8) is 0 Å². The van der Waals surface area contributed by atoms with E-state index in [-0.39, 0.29) is 23.3 Å². The first-order valence-corrected chi connectivity index (χ1v) is 12.9. The van der Waals surface area contributed by atoms with Crippen LogP contribution in [0.25, 0.3) is 11.1 Å². The number of rotatable bonds is 10. The number of pyridine rings is 1. The van der Waals surface area contributed by atoms with Crippen LogP contribution in [0.3, 0.4) is 0 Å². The lowest BCUT2D eigenvalue weighted by Gasteiger charge is -2.25. The minimum atomic E-state index is -3.39. The van der Waals surface area contributed by atoms with Gasteiger partial charge in [-0.05, 0) is 47.2 Å². The molecule has 0 aliphatic heterocycles. The van der Waals surface area contributed by atoms with Gasteiger partial charge < -0.3 is 9.63 Å². The predicted molar refractivity (Wildman–Crippen MR) is 128 cm³/mol. The minimum Gasteiger partial charge on any atom is -0.481 e. The molecule has 0 saturated heterocycles. The highest BCUT2D eigenvalue weighted by molar-refractivity contribution is 7.59. The Morgan fingerprint density at radius 2 is 1.79 bits per heavy atom. The predicted octanol–water partition coefficient (Wildman–Crippen LogP) is 5.82. The molecule has 6 nitrogen and oxygen atoms in total. The van der Waals surface area contributed by atoms with Crippen LogP contribution in [0.2, 0.25) is 0 Å². The molecule has 1 N–H and O–H groups in total. The molecule has 0 saturated carbocycles. The molecule has 0 aliphatic carbocycles. The van der Waals surface area contributed by atoms with Crippen LogP contribution in [0, 0.1) is 5.82 Å². The van der Waals surface area contributed by atoms with Gasteiger partial charge in [-0.3, -0.25) is 19.1 Å². The highest BCUT2D eigenvalue weighted by Crippen LogP contribution is 2.47. The second-order valence-electron chi connectivity index (χ2n) is 9.57. The lowest BCUT2D eigenvalue weighted by atomic mass is 9.86. The zero-order valence-corrected chi connectivity index (χ0v) is 21.0. The summed E-state index contributed by atoms with van der Waals surface area (Å²) in [5, 5.41) is 8.85. The minimum absolute atomic E-state index is 0.0667. The number of Topliss-reactive ketones (excluding diaryl/α,β-unsaturated/α-hetero) is 1. The highest BCUT2D eigenvalue weighted by Gasteiger charge is 2.29. The van der Waals surface area contributed by atoms with Gasteiger partial charge in [0, 0.05) is 30.1 Å². The lowest BCUT2D eigenvalue weighted by molar-refractivity contribution is -0.139. The van der Waals surface area contributed by atoms with Crippen LogP contribution in [0.4, 0.5) is 4.39 Å². The summed E-state index contributed by atoms with van der Waals surface area (Å²) in [6.45, 7) is 10.3. The largest absolute Gasteiger partial charge is 0.481 e. The third kappa shape index (κ3) is 7.31. The monoisotopic (exact) mass is 477 g/mol. The average molecular weight is 478 g/mol. The van der Waals surface area contributed by atoms with E-state index < -0.39 is 31.7 Å². The summed E-state index contributed by atoms with van der Waals surface area (Å²) in [6, 6.07) is 8.20. The Labute approximate surface area is 195 Å². The number of hydrogen-bond donors (Lipinski definition) is 1. The fourth-order valence-electron chi connectivity index (χ4n) is 3.61. The number of carbonyl (C=O) groups excluding carboxylic acids is 1. The summed E-state index contributed by atoms with van der Waals surface area (Å²) < 4.78 is 32.1. The number of aromatic nitrogens is 1. The summed E-state index contributed by atoms with van der Waals surface area (Å²) >= 11 is 0. The Kier molecular flexibility index (Phi) is 8.72. The molecule has 1 aromatic carbocycles. The number of nitrogens with zero attached hydrogens (tertiary/aromatic N) is 1. The van der Waals surface area contributed by atoms with Crippen molar-refractivity contribution in [2.75, 3.05) is 19.4 Å². The summed E-state index contributed by atoms with van der Waals surface area (Å²) in [7, 11) is -2.11. The number of hydrogen-bond acceptors (Lipinski definition) is 5. The van der Waals surface area contributed by atoms with Gasteiger partial charge in [0.25, 0.3) is 0 Å². The molecule has 0 spiro atoms. The van der Waals surface area contributed by atoms with Crippen molar-refractivity contribution in [3.8, 4) is 11.1 Å². The van der Waals surface area contributed by atoms with Crippen LogP contribution >= 0.6 is 7.37 Å². The fourth-order valence-corrected chi connectivity index (χ4v) is 5.30. The molecule has 2 rings (SSSR count). The third-order valence-corrected chi connectivity index (χ3v) is 7.83. The number of aliphatic carboxylic acids is 1. The van der Waals surface area contributed by atoms with Crippen molar-refractivity contribution >= 4 is 19.1 Å². The first kappa shape index (κ1) is 26.9. The molecule has 1 heterocycles. The van der Waals surface area contributed by atoms with Gasteiger partial charge in [0.2, 0.25) is 7.37 Å². The van der Waals surface area contributed by atoms with E-state index in [4.69, 9.17) is 14.6 Å². The molecule has 0 amide bonds. The first-order valence-electron chi connectivity index (χ1n) is 10.9. The number of carboxylic acid groups (broad SMARTS) is 1. The van der Waals surface area contributed by atoms with Crippen molar-refractivity contribution in [1.82, 2.24) is 4.98 Å². The van der Waals surface area contributed by atoms with Crippen LogP contribution in [-0.2, 0) is 30.5 Å². The van der Waals surface area contributed by atoms with Crippen molar-refractivity contribution in [1.29, 1.82) is 0 Å². The Morgan fingerprint density at radius 3 is 2.27 bits per heavy atom. The van der Waals surface area contributed by atoms with Crippen LogP contribution in [0.1, 0.15) is 63.9 Å². The van der Waals surface area contributed by atoms with Crippen molar-refractivity contribution in [2.45, 2.75) is 58.8 Å². The van der Waals surface area contributed by atoms with E-state index in [2.05, 4.69) is 20.8 Å². The van der Waals surface area contributed by atoms with Crippen molar-refractivity contribution in [3.05, 3.63) is 53.1 Å². The van der Waals surface area contributed by atoms with Gasteiger partial charge in [-0.1, -0.05) is 46.8 Å². The van der Waals surface area contributed by atoms with E-state index in [9.17, 15) is 18.5 Å². The Hall–Kier alpha value is -2.37. The standard InChI is InChI=1S/C25H33FNO5P/c1-16(2)24-20(11-12-33(31,32-6)15-19(28)13-23(29)30)21(14-22(27-24)25(3,4)5)17-7-9-18(26)10-8-17/h7-10,14,16H,11-13,15H2,1-6H3,(H,29,30). The summed E-state index contributed by atoms with van der Waals surface area (Å²) in [5.41, 5.74) is 4.07. The number of benzene rings is 1. The third-order valence-electron chi connectivity index (χ3n) is 5.43. The maximum Gasteiger partial charge on any atom is 0.310 e. The second-order valence-corrected chi connectivity index (χ2v) is 12.3. The zero-order chi connectivity index (χ0) is 25.0. The van der Waals surface area contributed by atoms with E-state index in [1.165, 1.54) is 19.2 Å². The molecule has 0 radical (unpaired) electrons. The molecular formula is C25H33FNO5P. The van der Waals surface area contributed by atoms with Crippen LogP contribution in [0.15, 0.2) is 30.3 Å². The van der Waals surface area contributed by atoms with E-state index in [0.717, 1.165) is 28.1 Å². The van der Waals surface area contributed by atoms with Crippen molar-refractivity contribution < 1.29 is 28.2 Å². The molecule has 33 heavy (non-hydrogen) atoms. The quantitative estimate of drug-likeness (QED) is 0.342. The maximum absolute atomic E-state index is 13.6. The van der Waals surface area contributed by atoms with Gasteiger partial charge in [0.05, 0.1) is 6.16 Å². The molecular weight excluding hydrogens is 444 g/mol. The average Bonchev–Trinajstić information content (AvgIpc) is 2.70. The van der Waals surface area contributed by atoms with E-state index >= 15 is 0 Å². The van der Waals surface area contributed by atoms with Gasteiger partial charge >= 0.3 is 5.97 Å². The SMILES string of the molecule is COP(=O)(CCc1c(-c2ccc(F)cc2)cc(C(C)(C)C)nc1C(C)C)CC(=O)CC(=O)O. The molecule has 8 heteroatoms. The summed E-state index contributed by atoms with van der Waals surface area (Å²) in [6.07, 6.45) is -0.720. The highest BCUT2D eigenvalue weighted by atomic mass is 31.2. The Bertz CT molecular complexity index is 1060. The Morgan fingerprint density at radius 1 is 1.18 bits per heavy atom. The molecule has 180 valence electrons. The summed E-state index contributed by atoms with van der Waals surface area (Å²) in [4.78, 5) is 27.8. The molecule has 1 unspecified atom stereocenters. The number of halogens is 1. The normalized spacial score (nSPS) is 13.7. The fraction of sp³-hybridized carbons (Fsp3) is 0.480. The number of ketones is 1. The van der Waals surface area contributed by atoms with Gasteiger partial charge in [-0.15, -0.1) is 0 Å². The van der Waals surface area contributed by atoms with Crippen LogP contribution < -0.4 is 0 Å². The van der Waals surface area contributed by atoms with Gasteiger partial charge in [0.1, 0.15) is 12.2 Å². The van der Waals surface area contributed by atoms with E-state index in [1.807, 2.05) is 19.9 Å². The molecule has 0 fully saturated rings. The molecule has 1 atom stereocenters. The molecule has 0 bridgehead atoms. The molecule has 1 aromatic heterocycles. The Balaban J connectivity index is 2.55. The van der Waals surface area contributed by atoms with E-state index in [1.54, 1.807) is 12.1 Å². The maximum atomic E-state index is 13.6. The lowest BCUT2D eigenvalue weighted by Crippen LogP contribution is -2.18. The first-order chi connectivity index (χ1) is 15.3. The number of carboxylic acids is 1. The number of carbonyl (C=O) groups is 2. The topological polar surface area (TPSA) is 93.6 Å². The van der Waals surface area contributed by atoms with Crippen molar-refractivity contribution in [2.24, 2.45) is 0 Å². The van der Waals surface area contributed by atoms with Crippen LogP contribution in [0.5, 0.6) is 0 Å².